The molecule has 0 nitrogen and oxygen atoms in total. The molecule has 1 aliphatic heterocycles. The molecular weight excluding hydrogens is 869 g/mol. The van der Waals surface area contributed by atoms with Crippen LogP contribution in [0.5, 0.6) is 0 Å². The Morgan fingerprint density at radius 1 is 0.338 bits per heavy atom. The predicted octanol–water partition coefficient (Wildman–Crippen LogP) is 18.8. The molecule has 0 bridgehead atoms. The summed E-state index contributed by atoms with van der Waals surface area (Å²) in [7, 11) is -2.21. The zero-order chi connectivity index (χ0) is 46.4. The van der Waals surface area contributed by atoms with Crippen molar-refractivity contribution in [2.45, 2.75) is 25.4 Å². The average molecular weight is 913 g/mol. The smallest absolute Gasteiger partial charge is 0.0761 e. The highest BCUT2D eigenvalue weighted by Crippen LogP contribution is 2.56. The van der Waals surface area contributed by atoms with E-state index in [9.17, 15) is 0 Å². The lowest BCUT2D eigenvalue weighted by molar-refractivity contribution is 0.851. The molecule has 13 aromatic carbocycles. The van der Waals surface area contributed by atoms with Crippen LogP contribution < -0.4 is 5.19 Å². The van der Waals surface area contributed by atoms with E-state index in [2.05, 4.69) is 225 Å². The number of rotatable bonds is 3. The Morgan fingerprint density at radius 2 is 0.803 bits per heavy atom. The van der Waals surface area contributed by atoms with E-state index in [0.717, 1.165) is 6.42 Å². The molecule has 13 aromatic rings. The van der Waals surface area contributed by atoms with Gasteiger partial charge in [0.1, 0.15) is 8.07 Å². The van der Waals surface area contributed by atoms with Crippen molar-refractivity contribution in [3.05, 3.63) is 229 Å². The summed E-state index contributed by atoms with van der Waals surface area (Å²) >= 11 is 0. The van der Waals surface area contributed by atoms with Gasteiger partial charge in [0.15, 0.2) is 0 Å². The Kier molecular flexibility index (Phi) is 7.31. The molecular formula is C70H44Si. The van der Waals surface area contributed by atoms with Gasteiger partial charge in [-0.25, -0.2) is 0 Å². The molecule has 4 aliphatic rings. The van der Waals surface area contributed by atoms with Crippen molar-refractivity contribution in [2.24, 2.45) is 0 Å². The minimum atomic E-state index is -2.21. The van der Waals surface area contributed by atoms with Crippen molar-refractivity contribution < 1.29 is 0 Å². The van der Waals surface area contributed by atoms with Gasteiger partial charge in [-0.05, 0) is 183 Å². The lowest BCUT2D eigenvalue weighted by atomic mass is 9.81. The van der Waals surface area contributed by atoms with Crippen molar-refractivity contribution in [1.29, 1.82) is 0 Å². The predicted molar refractivity (Wildman–Crippen MR) is 307 cm³/mol. The first-order valence-corrected chi connectivity index (χ1v) is 28.4. The first kappa shape index (κ1) is 38.5. The summed E-state index contributed by atoms with van der Waals surface area (Å²) < 4.78 is 0. The topological polar surface area (TPSA) is 0 Å². The van der Waals surface area contributed by atoms with Crippen molar-refractivity contribution >= 4 is 94.2 Å². The molecule has 0 aromatic heterocycles. The number of fused-ring (bicyclic) bond motifs is 10. The summed E-state index contributed by atoms with van der Waals surface area (Å²) in [5, 5.41) is 22.1. The van der Waals surface area contributed by atoms with Crippen LogP contribution in [0.15, 0.2) is 218 Å². The third-order valence-electron chi connectivity index (χ3n) is 17.7. The molecule has 3 aliphatic carbocycles. The van der Waals surface area contributed by atoms with Crippen LogP contribution in [0.25, 0.3) is 148 Å². The SMILES string of the molecule is C[Si]1(C)C2=C(C=C[C@H](c3cc4cccc5ccc6cccc3c6c54)C2)c2cc3c(-c4ccc5c6c(cccc46)-c4ccccc4-5)c4ccccc4c(-c4ccc5c6c(cccc46)-c4ccccc4-5)c3cc21. The molecule has 1 atom stereocenters. The van der Waals surface area contributed by atoms with Crippen LogP contribution in [0.2, 0.25) is 13.1 Å². The number of hydrogen-bond donors (Lipinski definition) is 0. The highest BCUT2D eigenvalue weighted by Gasteiger charge is 2.42. The van der Waals surface area contributed by atoms with Crippen molar-refractivity contribution in [2.75, 3.05) is 0 Å². The fourth-order valence-electron chi connectivity index (χ4n) is 14.6. The van der Waals surface area contributed by atoms with E-state index in [4.69, 9.17) is 0 Å². The van der Waals surface area contributed by atoms with Crippen LogP contribution in [-0.4, -0.2) is 8.07 Å². The molecule has 328 valence electrons. The Hall–Kier alpha value is -8.36. The van der Waals surface area contributed by atoms with Crippen LogP contribution in [-0.2, 0) is 0 Å². The summed E-state index contributed by atoms with van der Waals surface area (Å²) in [5.74, 6) is 0.294. The maximum Gasteiger partial charge on any atom is 0.109 e. The zero-order valence-electron chi connectivity index (χ0n) is 39.5. The first-order valence-electron chi connectivity index (χ1n) is 25.4. The minimum Gasteiger partial charge on any atom is -0.0761 e. The molecule has 0 radical (unpaired) electrons. The molecule has 0 N–H and O–H groups in total. The molecule has 1 heteroatoms. The first-order chi connectivity index (χ1) is 35.0. The largest absolute Gasteiger partial charge is 0.109 e. The van der Waals surface area contributed by atoms with E-state index in [0.29, 0.717) is 5.92 Å². The van der Waals surface area contributed by atoms with Gasteiger partial charge in [0.25, 0.3) is 0 Å². The van der Waals surface area contributed by atoms with Gasteiger partial charge >= 0.3 is 0 Å². The fraction of sp³-hybridized carbons (Fsp3) is 0.0571. The van der Waals surface area contributed by atoms with E-state index in [1.165, 1.54) is 159 Å². The Bertz CT molecular complexity index is 4630. The molecule has 0 saturated carbocycles. The standard InChI is InChI=1S/C70H44Si/c1-71(2)63-36-41(59-35-42-15-9-13-39-27-28-40-14-10-22-54(59)66(40)65(39)42)29-30-47(63)60-37-61-62(38-64(60)71)70(58-34-32-56-46-19-6-4-17-44(46)49-24-12-26-53(58)68(49)56)51-21-8-7-20-50(51)69(61)57-33-31-55-45-18-5-3-16-43(45)48-23-11-25-52(57)67(48)55/h3-35,37-38,41H,36H2,1-2H3/t41-/m0/s1. The highest BCUT2D eigenvalue weighted by atomic mass is 28.3. The van der Waals surface area contributed by atoms with Crippen LogP contribution in [0, 0.1) is 0 Å². The normalized spacial score (nSPS) is 15.8. The van der Waals surface area contributed by atoms with Crippen molar-refractivity contribution in [3.8, 4) is 66.8 Å². The van der Waals surface area contributed by atoms with Gasteiger partial charge in [-0.1, -0.05) is 218 Å². The quantitative estimate of drug-likeness (QED) is 0.0941. The molecule has 71 heavy (non-hydrogen) atoms. The van der Waals surface area contributed by atoms with E-state index in [-0.39, 0.29) is 0 Å². The van der Waals surface area contributed by atoms with Gasteiger partial charge in [0, 0.05) is 5.92 Å². The summed E-state index contributed by atoms with van der Waals surface area (Å²) in [5.41, 5.74) is 20.3. The van der Waals surface area contributed by atoms with Gasteiger partial charge in [-0.15, -0.1) is 0 Å². The molecule has 0 spiro atoms. The lowest BCUT2D eigenvalue weighted by Crippen LogP contribution is -2.42. The molecule has 0 unspecified atom stereocenters. The molecule has 17 rings (SSSR count). The Balaban J connectivity index is 0.938. The van der Waals surface area contributed by atoms with Crippen LogP contribution in [0.3, 0.4) is 0 Å². The van der Waals surface area contributed by atoms with E-state index >= 15 is 0 Å². The summed E-state index contributed by atoms with van der Waals surface area (Å²) in [4.78, 5) is 0. The second-order valence-electron chi connectivity index (χ2n) is 21.3. The number of allylic oxidation sites excluding steroid dienone is 4. The molecule has 0 saturated heterocycles. The lowest BCUT2D eigenvalue weighted by Gasteiger charge is -2.29. The van der Waals surface area contributed by atoms with Gasteiger partial charge in [0.2, 0.25) is 0 Å². The second kappa shape index (κ2) is 13.5. The summed E-state index contributed by atoms with van der Waals surface area (Å²) in [6.45, 7) is 5.28. The number of hydrogen-bond acceptors (Lipinski definition) is 0. The van der Waals surface area contributed by atoms with E-state index < -0.39 is 8.07 Å². The Morgan fingerprint density at radius 3 is 1.42 bits per heavy atom. The second-order valence-corrected chi connectivity index (χ2v) is 25.7. The van der Waals surface area contributed by atoms with E-state index in [1.807, 2.05) is 0 Å². The highest BCUT2D eigenvalue weighted by molar-refractivity contribution is 6.98. The average Bonchev–Trinajstić information content (AvgIpc) is 4.01. The molecule has 0 fully saturated rings. The summed E-state index contributed by atoms with van der Waals surface area (Å²) in [6, 6.07) is 77.2. The maximum atomic E-state index is 2.70. The van der Waals surface area contributed by atoms with E-state index in [1.54, 1.807) is 10.4 Å². The van der Waals surface area contributed by atoms with Gasteiger partial charge < -0.3 is 0 Å². The number of benzene rings is 13. The van der Waals surface area contributed by atoms with Crippen LogP contribution >= 0.6 is 0 Å². The summed E-state index contributed by atoms with van der Waals surface area (Å²) in [6.07, 6.45) is 6.14. The zero-order valence-corrected chi connectivity index (χ0v) is 40.5. The third-order valence-corrected chi connectivity index (χ3v) is 21.4. The third kappa shape index (κ3) is 4.85. The van der Waals surface area contributed by atoms with Gasteiger partial charge in [-0.3, -0.25) is 0 Å². The maximum absolute atomic E-state index is 2.70. The monoisotopic (exact) mass is 912 g/mol. The molecule has 1 heterocycles. The van der Waals surface area contributed by atoms with Crippen molar-refractivity contribution in [3.63, 3.8) is 0 Å². The fourth-order valence-corrected chi connectivity index (χ4v) is 18.0. The Labute approximate surface area is 412 Å². The van der Waals surface area contributed by atoms with Crippen LogP contribution in [0.1, 0.15) is 23.5 Å². The van der Waals surface area contributed by atoms with Gasteiger partial charge in [-0.2, -0.15) is 0 Å². The van der Waals surface area contributed by atoms with Crippen LogP contribution in [0.4, 0.5) is 0 Å². The van der Waals surface area contributed by atoms with Gasteiger partial charge in [0.05, 0.1) is 0 Å². The molecule has 0 amide bonds. The van der Waals surface area contributed by atoms with Crippen molar-refractivity contribution in [1.82, 2.24) is 0 Å². The minimum absolute atomic E-state index is 0.294.